The fourth-order valence-electron chi connectivity index (χ4n) is 3.47. The number of rotatable bonds is 5. The first-order valence-corrected chi connectivity index (χ1v) is 9.56. The van der Waals surface area contributed by atoms with Gasteiger partial charge in [0, 0.05) is 24.5 Å². The molecular weight excluding hydrogens is 384 g/mol. The Hall–Kier alpha value is -3.94. The summed E-state index contributed by atoms with van der Waals surface area (Å²) in [5, 5.41) is 13.4. The van der Waals surface area contributed by atoms with Crippen molar-refractivity contribution < 1.29 is 19.3 Å². The van der Waals surface area contributed by atoms with Crippen molar-refractivity contribution in [3.63, 3.8) is 0 Å². The summed E-state index contributed by atoms with van der Waals surface area (Å²) < 4.78 is 18.4. The third-order valence-electron chi connectivity index (χ3n) is 4.92. The highest BCUT2D eigenvalue weighted by molar-refractivity contribution is 5.77. The molecule has 0 amide bonds. The number of nitrogens with zero attached hydrogens (tertiary/aromatic N) is 3. The quantitative estimate of drug-likeness (QED) is 0.526. The maximum atomic E-state index is 9.94. The smallest absolute Gasteiger partial charge is 0.235 e. The summed E-state index contributed by atoms with van der Waals surface area (Å²) in [5.41, 5.74) is 2.57. The van der Waals surface area contributed by atoms with Crippen LogP contribution in [-0.2, 0) is 6.54 Å². The van der Waals surface area contributed by atoms with Crippen molar-refractivity contribution in [1.29, 1.82) is 0 Å². The van der Waals surface area contributed by atoms with E-state index in [9.17, 15) is 5.11 Å². The molecule has 3 heterocycles. The van der Waals surface area contributed by atoms with Crippen molar-refractivity contribution in [2.75, 3.05) is 25.6 Å². The number of methoxy groups -OCH3 is 1. The van der Waals surface area contributed by atoms with Crippen LogP contribution in [0.1, 0.15) is 5.56 Å². The fraction of sp³-hybridized carbons (Fsp3) is 0.182. The Bertz CT molecular complexity index is 1220. The van der Waals surface area contributed by atoms with Crippen molar-refractivity contribution >= 4 is 11.6 Å². The molecule has 0 saturated heterocycles. The van der Waals surface area contributed by atoms with Crippen LogP contribution in [-0.4, -0.2) is 39.8 Å². The van der Waals surface area contributed by atoms with Crippen LogP contribution in [0, 0.1) is 0 Å². The second-order valence-corrected chi connectivity index (χ2v) is 6.82. The lowest BCUT2D eigenvalue weighted by atomic mass is 10.1. The Balaban J connectivity index is 1.51. The first-order valence-electron chi connectivity index (χ1n) is 9.56. The predicted molar refractivity (Wildman–Crippen MR) is 111 cm³/mol. The van der Waals surface area contributed by atoms with Gasteiger partial charge in [0.05, 0.1) is 7.11 Å². The standard InChI is InChI=1S/C22H20N4O4/c1-28-18-12-15(4-5-16(18)27)20-21(26-8-2-7-23-22(26)25-20)24-13-14-3-6-17-19(11-14)30-10-9-29-17/h2-8,11-12,24,27H,9-10,13H2,1H3. The molecule has 4 aromatic rings. The van der Waals surface area contributed by atoms with Crippen LogP contribution in [0.5, 0.6) is 23.0 Å². The molecule has 0 radical (unpaired) electrons. The number of fused-ring (bicyclic) bond motifs is 2. The maximum absolute atomic E-state index is 9.94. The van der Waals surface area contributed by atoms with Crippen LogP contribution in [0.25, 0.3) is 17.0 Å². The lowest BCUT2D eigenvalue weighted by Crippen LogP contribution is -2.15. The van der Waals surface area contributed by atoms with E-state index >= 15 is 0 Å². The minimum atomic E-state index is 0.0777. The van der Waals surface area contributed by atoms with Crippen molar-refractivity contribution in [3.8, 4) is 34.3 Å². The number of anilines is 1. The molecule has 2 aromatic heterocycles. The van der Waals surface area contributed by atoms with Gasteiger partial charge in [0.15, 0.2) is 23.0 Å². The molecule has 0 unspecified atom stereocenters. The largest absolute Gasteiger partial charge is 0.504 e. The monoisotopic (exact) mass is 404 g/mol. The first kappa shape index (κ1) is 18.1. The van der Waals surface area contributed by atoms with Crippen LogP contribution in [0.3, 0.4) is 0 Å². The number of ether oxygens (including phenoxy) is 3. The number of aromatic hydroxyl groups is 1. The number of nitrogens with one attached hydrogen (secondary N) is 1. The van der Waals surface area contributed by atoms with Gasteiger partial charge in [0.25, 0.3) is 0 Å². The minimum Gasteiger partial charge on any atom is -0.504 e. The predicted octanol–water partition coefficient (Wildman–Crippen LogP) is 3.49. The van der Waals surface area contributed by atoms with Crippen LogP contribution in [0.2, 0.25) is 0 Å². The zero-order chi connectivity index (χ0) is 20.5. The summed E-state index contributed by atoms with van der Waals surface area (Å²) in [6.45, 7) is 1.68. The van der Waals surface area contributed by atoms with E-state index in [1.54, 1.807) is 24.4 Å². The zero-order valence-electron chi connectivity index (χ0n) is 16.3. The number of benzene rings is 2. The Morgan fingerprint density at radius 1 is 1.13 bits per heavy atom. The van der Waals surface area contributed by atoms with Crippen molar-refractivity contribution in [1.82, 2.24) is 14.4 Å². The van der Waals surface area contributed by atoms with E-state index in [0.29, 0.717) is 37.0 Å². The second kappa shape index (κ2) is 7.47. The number of hydrogen-bond donors (Lipinski definition) is 2. The normalized spacial score (nSPS) is 12.7. The third kappa shape index (κ3) is 3.22. The van der Waals surface area contributed by atoms with E-state index in [2.05, 4.69) is 15.3 Å². The molecule has 0 aliphatic carbocycles. The van der Waals surface area contributed by atoms with Gasteiger partial charge in [-0.05, 0) is 42.0 Å². The molecule has 0 fully saturated rings. The van der Waals surface area contributed by atoms with Gasteiger partial charge < -0.3 is 24.6 Å². The topological polar surface area (TPSA) is 90.1 Å². The Kier molecular flexibility index (Phi) is 4.51. The van der Waals surface area contributed by atoms with Gasteiger partial charge in [-0.15, -0.1) is 0 Å². The molecule has 152 valence electrons. The summed E-state index contributed by atoms with van der Waals surface area (Å²) in [4.78, 5) is 9.03. The summed E-state index contributed by atoms with van der Waals surface area (Å²) in [7, 11) is 1.52. The van der Waals surface area contributed by atoms with E-state index in [0.717, 1.165) is 28.4 Å². The van der Waals surface area contributed by atoms with E-state index in [4.69, 9.17) is 14.2 Å². The van der Waals surface area contributed by atoms with E-state index in [-0.39, 0.29) is 5.75 Å². The summed E-state index contributed by atoms with van der Waals surface area (Å²) >= 11 is 0. The average Bonchev–Trinajstić information content (AvgIpc) is 3.16. The molecule has 0 spiro atoms. The number of hydrogen-bond acceptors (Lipinski definition) is 7. The fourth-order valence-corrected chi connectivity index (χ4v) is 3.47. The third-order valence-corrected chi connectivity index (χ3v) is 4.92. The van der Waals surface area contributed by atoms with Gasteiger partial charge in [0.2, 0.25) is 5.78 Å². The molecule has 2 N–H and O–H groups in total. The molecule has 5 rings (SSSR count). The number of imidazole rings is 1. The molecule has 0 bridgehead atoms. The number of phenolic OH excluding ortho intramolecular Hbond substituents is 1. The highest BCUT2D eigenvalue weighted by atomic mass is 16.6. The maximum Gasteiger partial charge on any atom is 0.235 e. The number of phenols is 1. The Morgan fingerprint density at radius 2 is 2.00 bits per heavy atom. The molecule has 30 heavy (non-hydrogen) atoms. The summed E-state index contributed by atoms with van der Waals surface area (Å²) in [5.74, 6) is 3.35. The highest BCUT2D eigenvalue weighted by Crippen LogP contribution is 2.35. The van der Waals surface area contributed by atoms with Crippen LogP contribution >= 0.6 is 0 Å². The molecule has 1 aliphatic rings. The van der Waals surface area contributed by atoms with Crippen molar-refractivity contribution in [3.05, 3.63) is 60.4 Å². The average molecular weight is 404 g/mol. The Morgan fingerprint density at radius 3 is 2.87 bits per heavy atom. The van der Waals surface area contributed by atoms with E-state index < -0.39 is 0 Å². The van der Waals surface area contributed by atoms with Gasteiger partial charge in [-0.2, -0.15) is 0 Å². The van der Waals surface area contributed by atoms with Gasteiger partial charge in [-0.1, -0.05) is 6.07 Å². The van der Waals surface area contributed by atoms with Crippen molar-refractivity contribution in [2.45, 2.75) is 6.54 Å². The van der Waals surface area contributed by atoms with Gasteiger partial charge in [-0.25, -0.2) is 9.97 Å². The van der Waals surface area contributed by atoms with Crippen molar-refractivity contribution in [2.24, 2.45) is 0 Å². The van der Waals surface area contributed by atoms with Crippen LogP contribution in [0.4, 0.5) is 5.82 Å². The molecule has 0 saturated carbocycles. The molecule has 8 nitrogen and oxygen atoms in total. The molecule has 8 heteroatoms. The van der Waals surface area contributed by atoms with Crippen LogP contribution in [0.15, 0.2) is 54.9 Å². The van der Waals surface area contributed by atoms with E-state index in [1.165, 1.54) is 7.11 Å². The number of aromatic nitrogens is 3. The first-order chi connectivity index (χ1) is 14.7. The van der Waals surface area contributed by atoms with Gasteiger partial charge in [-0.3, -0.25) is 4.40 Å². The Labute approximate surface area is 172 Å². The SMILES string of the molecule is COc1cc(-c2nc3ncccn3c2NCc2ccc3c(c2)OCCO3)ccc1O. The van der Waals surface area contributed by atoms with Crippen LogP contribution < -0.4 is 19.5 Å². The van der Waals surface area contributed by atoms with Gasteiger partial charge in [0.1, 0.15) is 24.7 Å². The molecule has 2 aromatic carbocycles. The molecular formula is C22H20N4O4. The lowest BCUT2D eigenvalue weighted by Gasteiger charge is -2.19. The lowest BCUT2D eigenvalue weighted by molar-refractivity contribution is 0.171. The minimum absolute atomic E-state index is 0.0777. The van der Waals surface area contributed by atoms with E-state index in [1.807, 2.05) is 34.9 Å². The summed E-state index contributed by atoms with van der Waals surface area (Å²) in [6.07, 6.45) is 3.61. The zero-order valence-corrected chi connectivity index (χ0v) is 16.3. The van der Waals surface area contributed by atoms with Gasteiger partial charge >= 0.3 is 0 Å². The molecule has 1 aliphatic heterocycles. The molecule has 0 atom stereocenters. The highest BCUT2D eigenvalue weighted by Gasteiger charge is 2.17. The summed E-state index contributed by atoms with van der Waals surface area (Å²) in [6, 6.07) is 12.9. The second-order valence-electron chi connectivity index (χ2n) is 6.82.